The van der Waals surface area contributed by atoms with Crippen LogP contribution in [0.25, 0.3) is 11.4 Å². The minimum absolute atomic E-state index is 0.102. The number of halogens is 2. The number of nitrogen functional groups attached to an aromatic ring is 1. The Bertz CT molecular complexity index is 978. The lowest BCUT2D eigenvalue weighted by molar-refractivity contribution is -0.118. The standard InChI is InChI=1S/C20H21F2N5O2S/c1-13-2-6-15(7-3-13)18-25-26-20(27(18)23)30-12-17(28)24-11-10-14-4-8-16(9-5-14)29-19(21)22/h2-9,19H,10-12,23H2,1H3,(H,24,28). The third-order valence-corrected chi connectivity index (χ3v) is 5.13. The first-order valence-corrected chi connectivity index (χ1v) is 10.1. The van der Waals surface area contributed by atoms with Crippen molar-refractivity contribution in [1.82, 2.24) is 20.2 Å². The number of aromatic nitrogens is 3. The predicted octanol–water partition coefficient (Wildman–Crippen LogP) is 3.02. The second-order valence-corrected chi connectivity index (χ2v) is 7.40. The van der Waals surface area contributed by atoms with E-state index in [4.69, 9.17) is 5.84 Å². The summed E-state index contributed by atoms with van der Waals surface area (Å²) in [7, 11) is 0. The van der Waals surface area contributed by atoms with Crippen molar-refractivity contribution in [3.05, 3.63) is 59.7 Å². The number of nitrogens with one attached hydrogen (secondary N) is 1. The number of alkyl halides is 2. The van der Waals surface area contributed by atoms with E-state index in [-0.39, 0.29) is 17.4 Å². The Hall–Kier alpha value is -3.14. The third kappa shape index (κ3) is 5.93. The topological polar surface area (TPSA) is 95.1 Å². The Balaban J connectivity index is 1.44. The highest BCUT2D eigenvalue weighted by Gasteiger charge is 2.13. The summed E-state index contributed by atoms with van der Waals surface area (Å²) in [5.41, 5.74) is 2.87. The van der Waals surface area contributed by atoms with E-state index >= 15 is 0 Å². The Morgan fingerprint density at radius 3 is 2.53 bits per heavy atom. The SMILES string of the molecule is Cc1ccc(-c2nnc(SCC(=O)NCCc3ccc(OC(F)F)cc3)n2N)cc1. The highest BCUT2D eigenvalue weighted by Crippen LogP contribution is 2.21. The van der Waals surface area contributed by atoms with Crippen molar-refractivity contribution in [1.29, 1.82) is 0 Å². The number of thioether (sulfide) groups is 1. The van der Waals surface area contributed by atoms with Crippen molar-refractivity contribution in [2.24, 2.45) is 0 Å². The number of carbonyl (C=O) groups excluding carboxylic acids is 1. The molecule has 3 rings (SSSR count). The molecule has 0 atom stereocenters. The van der Waals surface area contributed by atoms with E-state index in [1.54, 1.807) is 12.1 Å². The maximum absolute atomic E-state index is 12.1. The minimum atomic E-state index is -2.85. The van der Waals surface area contributed by atoms with E-state index in [0.29, 0.717) is 23.9 Å². The van der Waals surface area contributed by atoms with Gasteiger partial charge in [-0.25, -0.2) is 4.68 Å². The van der Waals surface area contributed by atoms with Crippen LogP contribution in [0.1, 0.15) is 11.1 Å². The lowest BCUT2D eigenvalue weighted by atomic mass is 10.1. The van der Waals surface area contributed by atoms with Crippen molar-refractivity contribution in [3.63, 3.8) is 0 Å². The molecule has 158 valence electrons. The van der Waals surface area contributed by atoms with Gasteiger partial charge in [0.15, 0.2) is 5.82 Å². The molecule has 10 heteroatoms. The van der Waals surface area contributed by atoms with Gasteiger partial charge in [0, 0.05) is 12.1 Å². The maximum atomic E-state index is 12.1. The quantitative estimate of drug-likeness (QED) is 0.398. The summed E-state index contributed by atoms with van der Waals surface area (Å²) >= 11 is 1.19. The highest BCUT2D eigenvalue weighted by molar-refractivity contribution is 7.99. The Morgan fingerprint density at radius 1 is 1.17 bits per heavy atom. The second kappa shape index (κ2) is 10.1. The van der Waals surface area contributed by atoms with Crippen LogP contribution in [0.3, 0.4) is 0 Å². The van der Waals surface area contributed by atoms with E-state index in [1.807, 2.05) is 31.2 Å². The molecule has 30 heavy (non-hydrogen) atoms. The number of carbonyl (C=O) groups is 1. The Morgan fingerprint density at radius 2 is 1.87 bits per heavy atom. The molecular weight excluding hydrogens is 412 g/mol. The maximum Gasteiger partial charge on any atom is 0.387 e. The first-order valence-electron chi connectivity index (χ1n) is 9.13. The van der Waals surface area contributed by atoms with Gasteiger partial charge in [0.05, 0.1) is 5.75 Å². The average molecular weight is 433 g/mol. The van der Waals surface area contributed by atoms with Crippen LogP contribution in [0.2, 0.25) is 0 Å². The molecule has 0 radical (unpaired) electrons. The van der Waals surface area contributed by atoms with Crippen LogP contribution in [0.15, 0.2) is 53.7 Å². The number of nitrogens with two attached hydrogens (primary N) is 1. The zero-order valence-electron chi connectivity index (χ0n) is 16.2. The molecule has 3 N–H and O–H groups in total. The van der Waals surface area contributed by atoms with Crippen molar-refractivity contribution in [2.45, 2.75) is 25.1 Å². The van der Waals surface area contributed by atoms with Crippen molar-refractivity contribution in [2.75, 3.05) is 18.1 Å². The van der Waals surface area contributed by atoms with E-state index in [0.717, 1.165) is 16.7 Å². The molecule has 1 heterocycles. The van der Waals surface area contributed by atoms with Gasteiger partial charge in [-0.15, -0.1) is 10.2 Å². The molecular formula is C20H21F2N5O2S. The molecule has 0 fully saturated rings. The van der Waals surface area contributed by atoms with Gasteiger partial charge in [-0.05, 0) is 31.0 Å². The van der Waals surface area contributed by atoms with Crippen molar-refractivity contribution >= 4 is 17.7 Å². The van der Waals surface area contributed by atoms with Gasteiger partial charge in [0.1, 0.15) is 5.75 Å². The van der Waals surface area contributed by atoms with E-state index in [1.165, 1.54) is 28.6 Å². The molecule has 0 spiro atoms. The van der Waals surface area contributed by atoms with Gasteiger partial charge in [-0.1, -0.05) is 53.7 Å². The molecule has 2 aromatic carbocycles. The summed E-state index contributed by atoms with van der Waals surface area (Å²) in [5.74, 6) is 6.66. The van der Waals surface area contributed by atoms with Gasteiger partial charge in [-0.3, -0.25) is 4.79 Å². The summed E-state index contributed by atoms with van der Waals surface area (Å²) in [6.45, 7) is -0.438. The molecule has 1 aromatic heterocycles. The zero-order chi connectivity index (χ0) is 21.5. The number of rotatable bonds is 9. The van der Waals surface area contributed by atoms with Crippen molar-refractivity contribution < 1.29 is 18.3 Å². The molecule has 0 unspecified atom stereocenters. The van der Waals surface area contributed by atoms with Gasteiger partial charge in [0.25, 0.3) is 0 Å². The number of hydrogen-bond donors (Lipinski definition) is 2. The molecule has 1 amide bonds. The molecule has 7 nitrogen and oxygen atoms in total. The van der Waals surface area contributed by atoms with E-state index in [9.17, 15) is 13.6 Å². The molecule has 0 saturated heterocycles. The average Bonchev–Trinajstić information content (AvgIpc) is 3.08. The second-order valence-electron chi connectivity index (χ2n) is 6.45. The number of amides is 1. The van der Waals surface area contributed by atoms with Gasteiger partial charge in [-0.2, -0.15) is 8.78 Å². The number of ether oxygens (including phenoxy) is 1. The number of nitrogens with zero attached hydrogens (tertiary/aromatic N) is 3. The first-order chi connectivity index (χ1) is 14.4. The zero-order valence-corrected chi connectivity index (χ0v) is 17.0. The predicted molar refractivity (Wildman–Crippen MR) is 111 cm³/mol. The summed E-state index contributed by atoms with van der Waals surface area (Å²) in [6, 6.07) is 14.1. The van der Waals surface area contributed by atoms with Crippen LogP contribution >= 0.6 is 11.8 Å². The van der Waals surface area contributed by atoms with E-state index in [2.05, 4.69) is 20.3 Å². The molecule has 3 aromatic rings. The Labute approximate surface area is 176 Å². The first kappa shape index (κ1) is 21.6. The summed E-state index contributed by atoms with van der Waals surface area (Å²) < 4.78 is 30.0. The lowest BCUT2D eigenvalue weighted by Crippen LogP contribution is -2.27. The smallest absolute Gasteiger partial charge is 0.387 e. The summed E-state index contributed by atoms with van der Waals surface area (Å²) in [6.07, 6.45) is 0.565. The molecule has 0 aliphatic heterocycles. The Kier molecular flexibility index (Phi) is 7.23. The van der Waals surface area contributed by atoms with Crippen LogP contribution < -0.4 is 15.9 Å². The summed E-state index contributed by atoms with van der Waals surface area (Å²) in [5, 5.41) is 11.4. The molecule has 0 saturated carbocycles. The van der Waals surface area contributed by atoms with Crippen molar-refractivity contribution in [3.8, 4) is 17.1 Å². The molecule has 0 aliphatic carbocycles. The minimum Gasteiger partial charge on any atom is -0.435 e. The molecule has 0 aliphatic rings. The third-order valence-electron chi connectivity index (χ3n) is 4.19. The molecule has 0 bridgehead atoms. The van der Waals surface area contributed by atoms with Crippen LogP contribution in [0.5, 0.6) is 5.75 Å². The number of benzene rings is 2. The fourth-order valence-corrected chi connectivity index (χ4v) is 3.33. The van der Waals surface area contributed by atoms with Gasteiger partial charge < -0.3 is 15.9 Å². The monoisotopic (exact) mass is 433 g/mol. The largest absolute Gasteiger partial charge is 0.435 e. The van der Waals surface area contributed by atoms with Crippen LogP contribution in [-0.4, -0.2) is 39.7 Å². The van der Waals surface area contributed by atoms with Gasteiger partial charge >= 0.3 is 6.61 Å². The summed E-state index contributed by atoms with van der Waals surface area (Å²) in [4.78, 5) is 12.1. The number of aryl methyl sites for hydroxylation is 1. The normalized spacial score (nSPS) is 10.9. The highest BCUT2D eigenvalue weighted by atomic mass is 32.2. The van der Waals surface area contributed by atoms with Gasteiger partial charge in [0.2, 0.25) is 11.1 Å². The van der Waals surface area contributed by atoms with Crippen LogP contribution in [0, 0.1) is 6.92 Å². The van der Waals surface area contributed by atoms with E-state index < -0.39 is 6.61 Å². The lowest BCUT2D eigenvalue weighted by Gasteiger charge is -2.07. The fraction of sp³-hybridized carbons (Fsp3) is 0.250. The van der Waals surface area contributed by atoms with Crippen LogP contribution in [-0.2, 0) is 11.2 Å². The fourth-order valence-electron chi connectivity index (χ4n) is 2.64. The number of hydrogen-bond acceptors (Lipinski definition) is 6. The van der Waals surface area contributed by atoms with Crippen LogP contribution in [0.4, 0.5) is 8.78 Å².